The summed E-state index contributed by atoms with van der Waals surface area (Å²) in [4.78, 5) is 27.7. The predicted molar refractivity (Wildman–Crippen MR) is 127 cm³/mol. The van der Waals surface area contributed by atoms with Crippen molar-refractivity contribution in [3.05, 3.63) is 58.1 Å². The highest BCUT2D eigenvalue weighted by molar-refractivity contribution is 6.35. The van der Waals surface area contributed by atoms with Gasteiger partial charge in [-0.2, -0.15) is 0 Å². The molecule has 0 aliphatic carbocycles. The maximum Gasteiger partial charge on any atom is 0.261 e. The molecule has 0 aromatic heterocycles. The van der Waals surface area contributed by atoms with E-state index in [0.29, 0.717) is 28.0 Å². The molecule has 0 fully saturated rings. The van der Waals surface area contributed by atoms with Crippen LogP contribution in [0.25, 0.3) is 0 Å². The van der Waals surface area contributed by atoms with E-state index in [1.165, 1.54) is 0 Å². The monoisotopic (exact) mass is 480 g/mol. The summed E-state index contributed by atoms with van der Waals surface area (Å²) in [5, 5.41) is 3.77. The summed E-state index contributed by atoms with van der Waals surface area (Å²) in [6.07, 6.45) is 1.26. The quantitative estimate of drug-likeness (QED) is 0.485. The number of carbonyl (C=O) groups excluding carboxylic acids is 2. The molecular formula is C24H30Cl2N2O4. The Balaban J connectivity index is 2.23. The molecule has 2 aromatic carbocycles. The minimum atomic E-state index is -0.636. The number of methoxy groups -OCH3 is 1. The average Bonchev–Trinajstić information content (AvgIpc) is 2.78. The topological polar surface area (TPSA) is 67.9 Å². The summed E-state index contributed by atoms with van der Waals surface area (Å²) in [5.74, 6) is 0.561. The molecule has 32 heavy (non-hydrogen) atoms. The van der Waals surface area contributed by atoms with Gasteiger partial charge in [-0.3, -0.25) is 9.59 Å². The summed E-state index contributed by atoms with van der Waals surface area (Å²) in [5.41, 5.74) is 0.874. The van der Waals surface area contributed by atoms with E-state index in [1.54, 1.807) is 30.2 Å². The number of hydrogen-bond donors (Lipinski definition) is 1. The van der Waals surface area contributed by atoms with Gasteiger partial charge >= 0.3 is 0 Å². The summed E-state index contributed by atoms with van der Waals surface area (Å²) in [7, 11) is 1.59. The Labute approximate surface area is 199 Å². The number of nitrogens with one attached hydrogen (secondary N) is 1. The van der Waals surface area contributed by atoms with Crippen LogP contribution >= 0.6 is 23.2 Å². The molecular weight excluding hydrogens is 451 g/mol. The first kappa shape index (κ1) is 25.8. The number of carbonyl (C=O) groups is 2. The molecule has 0 heterocycles. The number of halogens is 2. The van der Waals surface area contributed by atoms with Crippen molar-refractivity contribution in [1.29, 1.82) is 0 Å². The SMILES string of the molecule is CCC(C)NC(=O)C(CC)N(Cc1ccc(OC)cc1)C(=O)COc1ccc(Cl)cc1Cl. The minimum absolute atomic E-state index is 0.0126. The van der Waals surface area contributed by atoms with Crippen molar-refractivity contribution >= 4 is 35.0 Å². The van der Waals surface area contributed by atoms with Crippen LogP contribution in [-0.4, -0.2) is 42.5 Å². The number of amides is 2. The third kappa shape index (κ3) is 7.31. The van der Waals surface area contributed by atoms with E-state index in [0.717, 1.165) is 12.0 Å². The maximum atomic E-state index is 13.2. The third-order valence-electron chi connectivity index (χ3n) is 5.14. The van der Waals surface area contributed by atoms with E-state index < -0.39 is 6.04 Å². The summed E-state index contributed by atoms with van der Waals surface area (Å²) in [6, 6.07) is 11.6. The Hall–Kier alpha value is -2.44. The van der Waals surface area contributed by atoms with Crippen LogP contribution in [0.2, 0.25) is 10.0 Å². The second kappa shape index (κ2) is 12.6. The van der Waals surface area contributed by atoms with Crippen LogP contribution < -0.4 is 14.8 Å². The number of nitrogens with zero attached hydrogens (tertiary/aromatic N) is 1. The van der Waals surface area contributed by atoms with Gasteiger partial charge in [0.1, 0.15) is 17.5 Å². The van der Waals surface area contributed by atoms with Crippen molar-refractivity contribution in [3.8, 4) is 11.5 Å². The van der Waals surface area contributed by atoms with E-state index in [1.807, 2.05) is 45.0 Å². The van der Waals surface area contributed by atoms with Crippen LogP contribution in [0.3, 0.4) is 0 Å². The molecule has 0 radical (unpaired) electrons. The van der Waals surface area contributed by atoms with E-state index >= 15 is 0 Å². The second-order valence-corrected chi connectivity index (χ2v) is 8.32. The van der Waals surface area contributed by atoms with Crippen molar-refractivity contribution < 1.29 is 19.1 Å². The zero-order chi connectivity index (χ0) is 23.7. The van der Waals surface area contributed by atoms with Gasteiger partial charge in [-0.25, -0.2) is 0 Å². The molecule has 6 nitrogen and oxygen atoms in total. The molecule has 2 aromatic rings. The standard InChI is InChI=1S/C24H30Cl2N2O4/c1-5-16(3)27-24(30)21(6-2)28(14-17-7-10-19(31-4)11-8-17)23(29)15-32-22-12-9-18(25)13-20(22)26/h7-13,16,21H,5-6,14-15H2,1-4H3,(H,27,30). The molecule has 2 atom stereocenters. The molecule has 0 aliphatic rings. The highest BCUT2D eigenvalue weighted by atomic mass is 35.5. The fraction of sp³-hybridized carbons (Fsp3) is 0.417. The smallest absolute Gasteiger partial charge is 0.261 e. The number of benzene rings is 2. The Bertz CT molecular complexity index is 905. The van der Waals surface area contributed by atoms with Gasteiger partial charge in [-0.1, -0.05) is 49.2 Å². The van der Waals surface area contributed by atoms with Crippen LogP contribution in [0.5, 0.6) is 11.5 Å². The molecule has 0 spiro atoms. The molecule has 0 bridgehead atoms. The van der Waals surface area contributed by atoms with Gasteiger partial charge in [0.15, 0.2) is 6.61 Å². The lowest BCUT2D eigenvalue weighted by atomic mass is 10.1. The maximum absolute atomic E-state index is 13.2. The van der Waals surface area contributed by atoms with Gasteiger partial charge < -0.3 is 19.7 Å². The Morgan fingerprint density at radius 1 is 1.06 bits per heavy atom. The van der Waals surface area contributed by atoms with Gasteiger partial charge in [-0.15, -0.1) is 0 Å². The normalized spacial score (nSPS) is 12.6. The van der Waals surface area contributed by atoms with Crippen LogP contribution in [0.1, 0.15) is 39.2 Å². The first-order chi connectivity index (χ1) is 15.3. The lowest BCUT2D eigenvalue weighted by Crippen LogP contribution is -2.51. The first-order valence-corrected chi connectivity index (χ1v) is 11.3. The molecule has 0 saturated carbocycles. The Kier molecular flexibility index (Phi) is 10.1. The molecule has 2 unspecified atom stereocenters. The van der Waals surface area contributed by atoms with Crippen molar-refractivity contribution in [2.45, 2.75) is 52.2 Å². The fourth-order valence-electron chi connectivity index (χ4n) is 3.10. The zero-order valence-corrected chi connectivity index (χ0v) is 20.4. The molecule has 2 amide bonds. The fourth-order valence-corrected chi connectivity index (χ4v) is 3.57. The van der Waals surface area contributed by atoms with Gasteiger partial charge in [0.05, 0.1) is 12.1 Å². The van der Waals surface area contributed by atoms with Crippen LogP contribution in [0.15, 0.2) is 42.5 Å². The van der Waals surface area contributed by atoms with Gasteiger partial charge in [0, 0.05) is 17.6 Å². The zero-order valence-electron chi connectivity index (χ0n) is 18.9. The van der Waals surface area contributed by atoms with E-state index in [9.17, 15) is 9.59 Å². The van der Waals surface area contributed by atoms with Gasteiger partial charge in [0.25, 0.3) is 5.91 Å². The number of hydrogen-bond acceptors (Lipinski definition) is 4. The molecule has 1 N–H and O–H groups in total. The lowest BCUT2D eigenvalue weighted by molar-refractivity contribution is -0.143. The second-order valence-electron chi connectivity index (χ2n) is 7.48. The third-order valence-corrected chi connectivity index (χ3v) is 5.67. The number of rotatable bonds is 11. The first-order valence-electron chi connectivity index (χ1n) is 10.6. The highest BCUT2D eigenvalue weighted by Crippen LogP contribution is 2.27. The van der Waals surface area contributed by atoms with Crippen LogP contribution in [0, 0.1) is 0 Å². The van der Waals surface area contributed by atoms with Crippen LogP contribution in [-0.2, 0) is 16.1 Å². The highest BCUT2D eigenvalue weighted by Gasteiger charge is 2.29. The molecule has 0 aliphatic heterocycles. The number of ether oxygens (including phenoxy) is 2. The van der Waals surface area contributed by atoms with E-state index in [4.69, 9.17) is 32.7 Å². The minimum Gasteiger partial charge on any atom is -0.497 e. The van der Waals surface area contributed by atoms with Crippen molar-refractivity contribution in [2.24, 2.45) is 0 Å². The lowest BCUT2D eigenvalue weighted by Gasteiger charge is -2.31. The Morgan fingerprint density at radius 3 is 2.31 bits per heavy atom. The molecule has 0 saturated heterocycles. The van der Waals surface area contributed by atoms with Gasteiger partial charge in [-0.05, 0) is 55.7 Å². The van der Waals surface area contributed by atoms with Crippen molar-refractivity contribution in [2.75, 3.05) is 13.7 Å². The molecule has 2 rings (SSSR count). The summed E-state index contributed by atoms with van der Waals surface area (Å²) >= 11 is 12.1. The molecule has 174 valence electrons. The average molecular weight is 481 g/mol. The van der Waals surface area contributed by atoms with Crippen molar-refractivity contribution in [1.82, 2.24) is 10.2 Å². The van der Waals surface area contributed by atoms with Crippen LogP contribution in [0.4, 0.5) is 0 Å². The molecule has 8 heteroatoms. The Morgan fingerprint density at radius 2 is 1.75 bits per heavy atom. The van der Waals surface area contributed by atoms with E-state index in [-0.39, 0.29) is 31.0 Å². The largest absolute Gasteiger partial charge is 0.497 e. The summed E-state index contributed by atoms with van der Waals surface area (Å²) < 4.78 is 10.9. The summed E-state index contributed by atoms with van der Waals surface area (Å²) in [6.45, 7) is 5.81. The van der Waals surface area contributed by atoms with E-state index in [2.05, 4.69) is 5.32 Å². The van der Waals surface area contributed by atoms with Gasteiger partial charge in [0.2, 0.25) is 5.91 Å². The predicted octanol–water partition coefficient (Wildman–Crippen LogP) is 5.10. The van der Waals surface area contributed by atoms with Crippen molar-refractivity contribution in [3.63, 3.8) is 0 Å².